The Balaban J connectivity index is 1.67. The number of hydrogen-bond acceptors (Lipinski definition) is 5. The average molecular weight is 441 g/mol. The number of rotatable bonds is 3. The standard InChI is InChI=1S/C23H20AsN5/c24-23-27-19-11-10-18(26-22(19)21(28-23)16-6-2-1-3-7-16)17-8-4-5-9-20(17)29-14-12-25-13-15-29/h1-11,25H,12-15H2. The van der Waals surface area contributed by atoms with Gasteiger partial charge in [-0.2, -0.15) is 0 Å². The summed E-state index contributed by atoms with van der Waals surface area (Å²) in [7, 11) is 0. The fourth-order valence-corrected chi connectivity index (χ4v) is 4.26. The third kappa shape index (κ3) is 3.64. The number of anilines is 1. The molecule has 2 radical (unpaired) electrons. The van der Waals surface area contributed by atoms with E-state index >= 15 is 0 Å². The van der Waals surface area contributed by atoms with Crippen LogP contribution in [-0.2, 0) is 0 Å². The van der Waals surface area contributed by atoms with Gasteiger partial charge < -0.3 is 0 Å². The zero-order chi connectivity index (χ0) is 19.6. The van der Waals surface area contributed by atoms with Crippen LogP contribution in [0, 0.1) is 0 Å². The van der Waals surface area contributed by atoms with E-state index in [1.54, 1.807) is 0 Å². The van der Waals surface area contributed by atoms with Crippen LogP contribution in [0.15, 0.2) is 66.7 Å². The van der Waals surface area contributed by atoms with Crippen LogP contribution < -0.4 is 14.8 Å². The monoisotopic (exact) mass is 441 g/mol. The second kappa shape index (κ2) is 7.94. The van der Waals surface area contributed by atoms with Crippen molar-refractivity contribution in [3.8, 4) is 22.5 Å². The maximum absolute atomic E-state index is 5.04. The summed E-state index contributed by atoms with van der Waals surface area (Å²) in [5.74, 6) is 0. The Morgan fingerprint density at radius 1 is 0.793 bits per heavy atom. The molecule has 1 N–H and O–H groups in total. The molecule has 6 heteroatoms. The van der Waals surface area contributed by atoms with E-state index in [2.05, 4.69) is 80.6 Å². The molecule has 4 aromatic rings. The Labute approximate surface area is 178 Å². The summed E-state index contributed by atoms with van der Waals surface area (Å²) in [6.45, 7) is 4.01. The fraction of sp³-hybridized carbons (Fsp3) is 0.174. The quantitative estimate of drug-likeness (QED) is 0.496. The van der Waals surface area contributed by atoms with Crippen molar-refractivity contribution in [2.24, 2.45) is 0 Å². The average Bonchev–Trinajstić information content (AvgIpc) is 2.79. The number of para-hydroxylation sites is 1. The summed E-state index contributed by atoms with van der Waals surface area (Å²) in [6.07, 6.45) is 0. The summed E-state index contributed by atoms with van der Waals surface area (Å²) in [4.78, 5) is 16.8. The van der Waals surface area contributed by atoms with Crippen molar-refractivity contribution >= 4 is 38.2 Å². The van der Waals surface area contributed by atoms with Crippen molar-refractivity contribution in [2.75, 3.05) is 31.1 Å². The molecule has 0 aliphatic carbocycles. The molecule has 0 amide bonds. The first kappa shape index (κ1) is 18.3. The van der Waals surface area contributed by atoms with Gasteiger partial charge in [0.1, 0.15) is 0 Å². The van der Waals surface area contributed by atoms with E-state index in [1.807, 2.05) is 18.2 Å². The number of aromatic nitrogens is 3. The van der Waals surface area contributed by atoms with Crippen LogP contribution in [0.4, 0.5) is 5.69 Å². The molecule has 0 saturated carbocycles. The van der Waals surface area contributed by atoms with Crippen molar-refractivity contribution in [3.63, 3.8) is 0 Å². The fourth-order valence-electron chi connectivity index (χ4n) is 3.82. The van der Waals surface area contributed by atoms with Crippen LogP contribution in [0.25, 0.3) is 33.5 Å². The van der Waals surface area contributed by atoms with Gasteiger partial charge in [-0.25, -0.2) is 0 Å². The van der Waals surface area contributed by atoms with Crippen molar-refractivity contribution in [1.29, 1.82) is 0 Å². The van der Waals surface area contributed by atoms with Crippen molar-refractivity contribution in [1.82, 2.24) is 20.3 Å². The molecule has 5 rings (SSSR count). The van der Waals surface area contributed by atoms with Gasteiger partial charge in [-0.1, -0.05) is 0 Å². The molecule has 2 aromatic carbocycles. The minimum atomic E-state index is 0.694. The number of nitrogens with one attached hydrogen (secondary N) is 1. The topological polar surface area (TPSA) is 53.9 Å². The summed E-state index contributed by atoms with van der Waals surface area (Å²) in [5, 5.41) is 3.42. The maximum atomic E-state index is 5.04. The van der Waals surface area contributed by atoms with Crippen LogP contribution >= 0.6 is 0 Å². The molecular weight excluding hydrogens is 421 g/mol. The molecule has 142 valence electrons. The van der Waals surface area contributed by atoms with E-state index in [0.717, 1.165) is 59.7 Å². The Bertz CT molecular complexity index is 1160. The van der Waals surface area contributed by atoms with Gasteiger partial charge in [-0.3, -0.25) is 0 Å². The van der Waals surface area contributed by atoms with Crippen molar-refractivity contribution in [3.05, 3.63) is 66.7 Å². The second-order valence-electron chi connectivity index (χ2n) is 7.06. The number of pyridine rings is 1. The van der Waals surface area contributed by atoms with Gasteiger partial charge in [0.25, 0.3) is 0 Å². The summed E-state index contributed by atoms with van der Waals surface area (Å²) in [6, 6.07) is 22.8. The van der Waals surface area contributed by atoms with Crippen LogP contribution in [-0.4, -0.2) is 58.0 Å². The molecule has 1 aliphatic heterocycles. The SMILES string of the molecule is [As]c1nc(-c2ccccc2)c2nc(-c3ccccc3N3CCNCC3)ccc2n1. The third-order valence-corrected chi connectivity index (χ3v) is 5.64. The first-order valence-corrected chi connectivity index (χ1v) is 10.7. The van der Waals surface area contributed by atoms with Gasteiger partial charge in [-0.05, 0) is 0 Å². The van der Waals surface area contributed by atoms with Crippen LogP contribution in [0.2, 0.25) is 0 Å². The van der Waals surface area contributed by atoms with E-state index in [9.17, 15) is 0 Å². The van der Waals surface area contributed by atoms with E-state index in [-0.39, 0.29) is 0 Å². The number of hydrogen-bond donors (Lipinski definition) is 1. The molecule has 0 bridgehead atoms. The normalized spacial score (nSPS) is 14.3. The van der Waals surface area contributed by atoms with E-state index in [1.165, 1.54) is 5.69 Å². The van der Waals surface area contributed by atoms with Gasteiger partial charge in [0.15, 0.2) is 0 Å². The van der Waals surface area contributed by atoms with E-state index in [0.29, 0.717) is 4.61 Å². The third-order valence-electron chi connectivity index (χ3n) is 5.22. The van der Waals surface area contributed by atoms with Gasteiger partial charge in [0, 0.05) is 0 Å². The van der Waals surface area contributed by atoms with E-state index in [4.69, 9.17) is 9.97 Å². The molecule has 0 atom stereocenters. The molecule has 5 nitrogen and oxygen atoms in total. The predicted molar refractivity (Wildman–Crippen MR) is 119 cm³/mol. The Morgan fingerprint density at radius 2 is 1.55 bits per heavy atom. The first-order valence-electron chi connectivity index (χ1n) is 9.78. The first-order chi connectivity index (χ1) is 14.3. The Kier molecular flexibility index (Phi) is 5.01. The molecule has 1 saturated heterocycles. The molecule has 1 fully saturated rings. The molecule has 0 unspecified atom stereocenters. The summed E-state index contributed by atoms with van der Waals surface area (Å²) in [5.41, 5.74) is 6.93. The van der Waals surface area contributed by atoms with Crippen LogP contribution in [0.3, 0.4) is 0 Å². The molecule has 3 heterocycles. The number of benzene rings is 2. The zero-order valence-corrected chi connectivity index (χ0v) is 17.8. The van der Waals surface area contributed by atoms with Crippen molar-refractivity contribution in [2.45, 2.75) is 0 Å². The molecule has 1 aliphatic rings. The number of piperazine rings is 1. The molecule has 0 spiro atoms. The van der Waals surface area contributed by atoms with Gasteiger partial charge in [0.05, 0.1) is 0 Å². The number of nitrogens with zero attached hydrogens (tertiary/aromatic N) is 4. The van der Waals surface area contributed by atoms with Crippen molar-refractivity contribution < 1.29 is 0 Å². The minimum absolute atomic E-state index is 0.694. The van der Waals surface area contributed by atoms with Gasteiger partial charge in [-0.15, -0.1) is 0 Å². The van der Waals surface area contributed by atoms with Gasteiger partial charge >= 0.3 is 179 Å². The predicted octanol–water partition coefficient (Wildman–Crippen LogP) is 2.56. The molecular formula is C23H20AsN5. The summed E-state index contributed by atoms with van der Waals surface area (Å²) >= 11 is 2.44. The number of fused-ring (bicyclic) bond motifs is 1. The molecule has 2 aromatic heterocycles. The van der Waals surface area contributed by atoms with E-state index < -0.39 is 0 Å². The molecule has 29 heavy (non-hydrogen) atoms. The van der Waals surface area contributed by atoms with Crippen LogP contribution in [0.5, 0.6) is 0 Å². The Morgan fingerprint density at radius 3 is 2.38 bits per heavy atom. The summed E-state index contributed by atoms with van der Waals surface area (Å²) < 4.78 is 0.694. The van der Waals surface area contributed by atoms with Crippen LogP contribution in [0.1, 0.15) is 0 Å². The Hall–Kier alpha value is -2.75. The second-order valence-corrected chi connectivity index (χ2v) is 7.90. The van der Waals surface area contributed by atoms with Gasteiger partial charge in [0.2, 0.25) is 0 Å². The zero-order valence-electron chi connectivity index (χ0n) is 15.9.